The van der Waals surface area contributed by atoms with Crippen LogP contribution in [0.3, 0.4) is 0 Å². The molecule has 0 saturated carbocycles. The van der Waals surface area contributed by atoms with Crippen molar-refractivity contribution in [2.75, 3.05) is 25.0 Å². The van der Waals surface area contributed by atoms with Gasteiger partial charge in [0.2, 0.25) is 0 Å². The lowest BCUT2D eigenvalue weighted by Crippen LogP contribution is -2.09. The van der Waals surface area contributed by atoms with Crippen molar-refractivity contribution in [3.05, 3.63) is 0 Å². The van der Waals surface area contributed by atoms with Gasteiger partial charge in [0, 0.05) is 35.7 Å². The van der Waals surface area contributed by atoms with Crippen LogP contribution < -0.4 is 0 Å². The van der Waals surface area contributed by atoms with E-state index in [9.17, 15) is 0 Å². The van der Waals surface area contributed by atoms with E-state index >= 15 is 0 Å². The van der Waals surface area contributed by atoms with E-state index in [1.807, 2.05) is 0 Å². The van der Waals surface area contributed by atoms with Crippen molar-refractivity contribution in [3.63, 3.8) is 0 Å². The Morgan fingerprint density at radius 1 is 0.846 bits per heavy atom. The topological polar surface area (TPSA) is 9.23 Å². The maximum absolute atomic E-state index is 5.77. The number of hydrogen-bond donors (Lipinski definition) is 0. The average Bonchev–Trinajstić information content (AvgIpc) is 2.16. The molecule has 0 heterocycles. The molecule has 0 spiro atoms. The summed E-state index contributed by atoms with van der Waals surface area (Å²) in [5.74, 6) is 0.926. The Morgan fingerprint density at radius 2 is 1.23 bits per heavy atom. The zero-order chi connectivity index (χ0) is 10.1. The molecule has 0 aromatic heterocycles. The molecule has 2 unspecified atom stereocenters. The number of halogens is 4. The minimum Gasteiger partial charge on any atom is -0.381 e. The van der Waals surface area contributed by atoms with E-state index in [2.05, 4.69) is 0 Å². The van der Waals surface area contributed by atoms with Crippen LogP contribution in [-0.4, -0.2) is 35.7 Å². The molecule has 0 fully saturated rings. The van der Waals surface area contributed by atoms with Crippen LogP contribution in [0.2, 0.25) is 0 Å². The summed E-state index contributed by atoms with van der Waals surface area (Å²) < 4.78 is 5.29. The number of rotatable bonds is 8. The third kappa shape index (κ3) is 9.42. The summed E-state index contributed by atoms with van der Waals surface area (Å²) in [7, 11) is 0. The van der Waals surface area contributed by atoms with E-state index in [1.54, 1.807) is 0 Å². The molecule has 0 aliphatic heterocycles. The fourth-order valence-corrected chi connectivity index (χ4v) is 1.17. The maximum atomic E-state index is 5.77. The van der Waals surface area contributed by atoms with Crippen molar-refractivity contribution in [1.82, 2.24) is 0 Å². The summed E-state index contributed by atoms with van der Waals surface area (Å²) in [6.07, 6.45) is 1.55. The fraction of sp³-hybridized carbons (Fsp3) is 1.00. The first-order valence-electron chi connectivity index (χ1n) is 4.18. The van der Waals surface area contributed by atoms with Gasteiger partial charge in [-0.1, -0.05) is 0 Å². The molecule has 0 aliphatic carbocycles. The van der Waals surface area contributed by atoms with E-state index in [0.29, 0.717) is 25.0 Å². The van der Waals surface area contributed by atoms with Gasteiger partial charge < -0.3 is 4.74 Å². The lowest BCUT2D eigenvalue weighted by molar-refractivity contribution is 0.130. The summed E-state index contributed by atoms with van der Waals surface area (Å²) in [6, 6.07) is 0. The van der Waals surface area contributed by atoms with Crippen molar-refractivity contribution in [3.8, 4) is 0 Å². The van der Waals surface area contributed by atoms with Gasteiger partial charge in [0.1, 0.15) is 0 Å². The Hall–Kier alpha value is 1.12. The van der Waals surface area contributed by atoms with Crippen LogP contribution in [0.5, 0.6) is 0 Å². The van der Waals surface area contributed by atoms with Crippen LogP contribution in [0.25, 0.3) is 0 Å². The number of ether oxygens (including phenoxy) is 1. The van der Waals surface area contributed by atoms with Gasteiger partial charge in [0.05, 0.1) is 0 Å². The highest BCUT2D eigenvalue weighted by atomic mass is 35.5. The van der Waals surface area contributed by atoms with E-state index in [4.69, 9.17) is 51.1 Å². The van der Waals surface area contributed by atoms with Gasteiger partial charge in [-0.3, -0.25) is 0 Å². The second-order valence-electron chi connectivity index (χ2n) is 2.69. The van der Waals surface area contributed by atoms with Gasteiger partial charge in [-0.25, -0.2) is 0 Å². The summed E-state index contributed by atoms with van der Waals surface area (Å²) in [5, 5.41) is 0.00276. The van der Waals surface area contributed by atoms with Crippen LogP contribution in [0.15, 0.2) is 0 Å². The average molecular weight is 268 g/mol. The lowest BCUT2D eigenvalue weighted by atomic mass is 10.3. The van der Waals surface area contributed by atoms with Gasteiger partial charge in [-0.2, -0.15) is 0 Å². The molecular formula is C8H14Cl4O. The molecule has 0 aromatic rings. The second-order valence-corrected chi connectivity index (χ2v) is 4.54. The molecule has 0 saturated heterocycles. The van der Waals surface area contributed by atoms with Crippen molar-refractivity contribution < 1.29 is 4.74 Å². The van der Waals surface area contributed by atoms with Crippen LogP contribution in [0, 0.1) is 0 Å². The molecule has 0 bridgehead atoms. The molecule has 0 aromatic carbocycles. The maximum Gasteiger partial charge on any atom is 0.0493 e. The zero-order valence-electron chi connectivity index (χ0n) is 7.32. The predicted molar refractivity (Wildman–Crippen MR) is 60.8 cm³/mol. The molecule has 0 rings (SSSR count). The van der Waals surface area contributed by atoms with Crippen LogP contribution in [0.4, 0.5) is 0 Å². The smallest absolute Gasteiger partial charge is 0.0493 e. The van der Waals surface area contributed by atoms with Gasteiger partial charge in [-0.15, -0.1) is 46.4 Å². The first-order chi connectivity index (χ1) is 6.20. The molecular weight excluding hydrogens is 254 g/mol. The first kappa shape index (κ1) is 14.1. The van der Waals surface area contributed by atoms with Crippen molar-refractivity contribution >= 4 is 46.4 Å². The Balaban J connectivity index is 3.08. The first-order valence-corrected chi connectivity index (χ1v) is 6.12. The number of alkyl halides is 4. The monoisotopic (exact) mass is 266 g/mol. The Morgan fingerprint density at radius 3 is 1.54 bits per heavy atom. The predicted octanol–water partition coefficient (Wildman–Crippen LogP) is 3.48. The summed E-state index contributed by atoms with van der Waals surface area (Å²) in [6.45, 7) is 1.26. The highest BCUT2D eigenvalue weighted by Crippen LogP contribution is 2.06. The summed E-state index contributed by atoms with van der Waals surface area (Å²) >= 11 is 22.6. The van der Waals surface area contributed by atoms with Crippen LogP contribution in [0.1, 0.15) is 12.8 Å². The Labute approximate surface area is 99.6 Å². The number of hydrogen-bond acceptors (Lipinski definition) is 1. The van der Waals surface area contributed by atoms with Gasteiger partial charge in [0.25, 0.3) is 0 Å². The van der Waals surface area contributed by atoms with Crippen molar-refractivity contribution in [1.29, 1.82) is 0 Å². The van der Waals surface area contributed by atoms with Gasteiger partial charge in [-0.05, 0) is 12.8 Å². The SMILES string of the molecule is ClCC(Cl)CCOCCC(Cl)CCl. The minimum atomic E-state index is 0.00138. The third-order valence-corrected chi connectivity index (χ3v) is 3.29. The zero-order valence-corrected chi connectivity index (χ0v) is 10.3. The van der Waals surface area contributed by atoms with Crippen molar-refractivity contribution in [2.45, 2.75) is 23.6 Å². The molecule has 0 aliphatic rings. The van der Waals surface area contributed by atoms with Gasteiger partial charge >= 0.3 is 0 Å². The normalized spacial score (nSPS) is 15.7. The largest absolute Gasteiger partial charge is 0.381 e. The molecule has 0 amide bonds. The van der Waals surface area contributed by atoms with E-state index in [1.165, 1.54) is 0 Å². The minimum absolute atomic E-state index is 0.00138. The highest BCUT2D eigenvalue weighted by Gasteiger charge is 2.04. The summed E-state index contributed by atoms with van der Waals surface area (Å²) in [5.41, 5.74) is 0. The van der Waals surface area contributed by atoms with Gasteiger partial charge in [0.15, 0.2) is 0 Å². The molecule has 0 N–H and O–H groups in total. The van der Waals surface area contributed by atoms with Crippen LogP contribution in [-0.2, 0) is 4.74 Å². The fourth-order valence-electron chi connectivity index (χ4n) is 0.679. The van der Waals surface area contributed by atoms with E-state index in [-0.39, 0.29) is 10.8 Å². The van der Waals surface area contributed by atoms with E-state index < -0.39 is 0 Å². The molecule has 13 heavy (non-hydrogen) atoms. The molecule has 80 valence electrons. The molecule has 1 nitrogen and oxygen atoms in total. The molecule has 2 atom stereocenters. The standard InChI is InChI=1S/C8H14Cl4O/c9-5-7(11)1-3-13-4-2-8(12)6-10/h7-8H,1-6H2. The van der Waals surface area contributed by atoms with Crippen LogP contribution >= 0.6 is 46.4 Å². The highest BCUT2D eigenvalue weighted by molar-refractivity contribution is 6.28. The van der Waals surface area contributed by atoms with E-state index in [0.717, 1.165) is 12.8 Å². The quantitative estimate of drug-likeness (QED) is 0.483. The Kier molecular flexibility index (Phi) is 10.5. The summed E-state index contributed by atoms with van der Waals surface area (Å²) in [4.78, 5) is 0. The second kappa shape index (κ2) is 9.67. The third-order valence-electron chi connectivity index (χ3n) is 1.49. The lowest BCUT2D eigenvalue weighted by Gasteiger charge is -2.08. The molecule has 5 heteroatoms. The molecule has 0 radical (unpaired) electrons. The van der Waals surface area contributed by atoms with Crippen molar-refractivity contribution in [2.24, 2.45) is 0 Å². The Bertz CT molecular complexity index is 100.